The van der Waals surface area contributed by atoms with Crippen molar-refractivity contribution >= 4 is 21.8 Å². The number of sulfonamides is 1. The second-order valence-electron chi connectivity index (χ2n) is 8.38. The SMILES string of the molecule is O=C(CN=C1NS(=O)(=O)c2ccccc21)NCC1(N2CCCCC2)CCCCC1. The normalized spacial score (nSPS) is 24.6. The lowest BCUT2D eigenvalue weighted by atomic mass is 9.79. The molecule has 2 heterocycles. The van der Waals surface area contributed by atoms with E-state index in [9.17, 15) is 13.2 Å². The molecule has 4 rings (SSSR count). The number of carbonyl (C=O) groups is 1. The van der Waals surface area contributed by atoms with E-state index < -0.39 is 10.0 Å². The first-order valence-electron chi connectivity index (χ1n) is 10.7. The van der Waals surface area contributed by atoms with E-state index >= 15 is 0 Å². The van der Waals surface area contributed by atoms with Gasteiger partial charge in [-0.05, 0) is 50.9 Å². The fourth-order valence-electron chi connectivity index (χ4n) is 4.90. The number of benzene rings is 1. The van der Waals surface area contributed by atoms with Crippen LogP contribution >= 0.6 is 0 Å². The number of nitrogens with one attached hydrogen (secondary N) is 2. The molecule has 3 aliphatic rings. The van der Waals surface area contributed by atoms with E-state index in [-0.39, 0.29) is 28.7 Å². The van der Waals surface area contributed by atoms with Crippen molar-refractivity contribution in [1.29, 1.82) is 0 Å². The molecule has 2 N–H and O–H groups in total. The summed E-state index contributed by atoms with van der Waals surface area (Å²) < 4.78 is 26.8. The number of fused-ring (bicyclic) bond motifs is 1. The Morgan fingerprint density at radius 3 is 2.52 bits per heavy atom. The van der Waals surface area contributed by atoms with Crippen molar-refractivity contribution in [2.24, 2.45) is 4.99 Å². The van der Waals surface area contributed by atoms with Gasteiger partial charge in [0.05, 0.1) is 4.90 Å². The van der Waals surface area contributed by atoms with Gasteiger partial charge in [0.2, 0.25) is 5.91 Å². The number of nitrogens with zero attached hydrogens (tertiary/aromatic N) is 2. The van der Waals surface area contributed by atoms with Crippen molar-refractivity contribution in [2.75, 3.05) is 26.2 Å². The molecule has 8 heteroatoms. The van der Waals surface area contributed by atoms with Crippen LogP contribution in [-0.4, -0.2) is 56.8 Å². The van der Waals surface area contributed by atoms with Gasteiger partial charge in [0.1, 0.15) is 12.4 Å². The maximum absolute atomic E-state index is 12.5. The van der Waals surface area contributed by atoms with Crippen molar-refractivity contribution in [3.05, 3.63) is 29.8 Å². The first kappa shape index (κ1) is 20.3. The smallest absolute Gasteiger partial charge is 0.263 e. The van der Waals surface area contributed by atoms with Crippen LogP contribution in [0.15, 0.2) is 34.2 Å². The van der Waals surface area contributed by atoms with Crippen LogP contribution in [-0.2, 0) is 14.8 Å². The Hall–Kier alpha value is -1.93. The molecule has 29 heavy (non-hydrogen) atoms. The van der Waals surface area contributed by atoms with Crippen molar-refractivity contribution in [3.8, 4) is 0 Å². The molecule has 1 aromatic rings. The lowest BCUT2D eigenvalue weighted by molar-refractivity contribution is -0.120. The highest BCUT2D eigenvalue weighted by atomic mass is 32.2. The van der Waals surface area contributed by atoms with E-state index in [2.05, 4.69) is 19.9 Å². The number of hydrogen-bond donors (Lipinski definition) is 2. The molecular formula is C21H30N4O3S. The standard InChI is InChI=1S/C21H30N4O3S/c26-19(15-22-20-17-9-3-4-10-18(17)29(27,28)24-20)23-16-21(11-5-1-6-12-21)25-13-7-2-8-14-25/h3-4,9-10H,1-2,5-8,11-16H2,(H,22,24)(H,23,26). The Kier molecular flexibility index (Phi) is 5.92. The lowest BCUT2D eigenvalue weighted by Crippen LogP contribution is -2.58. The monoisotopic (exact) mass is 418 g/mol. The molecule has 158 valence electrons. The Bertz CT molecular complexity index is 885. The minimum absolute atomic E-state index is 0.0724. The van der Waals surface area contributed by atoms with Gasteiger partial charge in [-0.25, -0.2) is 8.42 Å². The Balaban J connectivity index is 1.40. The van der Waals surface area contributed by atoms with Crippen molar-refractivity contribution in [3.63, 3.8) is 0 Å². The van der Waals surface area contributed by atoms with E-state index in [4.69, 9.17) is 0 Å². The molecule has 7 nitrogen and oxygen atoms in total. The molecule has 0 atom stereocenters. The molecule has 0 aromatic heterocycles. The zero-order valence-corrected chi connectivity index (χ0v) is 17.6. The molecule has 1 aliphatic carbocycles. The molecule has 2 aliphatic heterocycles. The lowest BCUT2D eigenvalue weighted by Gasteiger charge is -2.48. The minimum Gasteiger partial charge on any atom is -0.353 e. The number of amides is 1. The summed E-state index contributed by atoms with van der Waals surface area (Å²) >= 11 is 0. The number of aliphatic imine (C=N–C) groups is 1. The minimum atomic E-state index is -3.58. The largest absolute Gasteiger partial charge is 0.353 e. The number of carbonyl (C=O) groups excluding carboxylic acids is 1. The van der Waals surface area contributed by atoms with Crippen LogP contribution in [0.25, 0.3) is 0 Å². The van der Waals surface area contributed by atoms with E-state index in [1.165, 1.54) is 38.5 Å². The second-order valence-corrected chi connectivity index (χ2v) is 10.0. The van der Waals surface area contributed by atoms with E-state index in [0.717, 1.165) is 25.9 Å². The number of likely N-dealkylation sites (tertiary alicyclic amines) is 1. The van der Waals surface area contributed by atoms with E-state index in [0.29, 0.717) is 12.1 Å². The number of piperidine rings is 1. The fraction of sp³-hybridized carbons (Fsp3) is 0.619. The molecule has 0 unspecified atom stereocenters. The second kappa shape index (κ2) is 8.44. The maximum Gasteiger partial charge on any atom is 0.263 e. The van der Waals surface area contributed by atoms with Crippen molar-refractivity contribution < 1.29 is 13.2 Å². The first-order chi connectivity index (χ1) is 14.0. The van der Waals surface area contributed by atoms with Crippen LogP contribution in [0.1, 0.15) is 56.9 Å². The average Bonchev–Trinajstić information content (AvgIpc) is 3.02. The van der Waals surface area contributed by atoms with Crippen LogP contribution in [0.2, 0.25) is 0 Å². The van der Waals surface area contributed by atoms with Gasteiger partial charge in [0.25, 0.3) is 10.0 Å². The molecule has 0 radical (unpaired) electrons. The van der Waals surface area contributed by atoms with E-state index in [1.54, 1.807) is 24.3 Å². The Morgan fingerprint density at radius 1 is 1.07 bits per heavy atom. The number of amidine groups is 1. The molecule has 2 fully saturated rings. The summed E-state index contributed by atoms with van der Waals surface area (Å²) in [7, 11) is -3.58. The number of rotatable bonds is 5. The topological polar surface area (TPSA) is 90.9 Å². The van der Waals surface area contributed by atoms with Gasteiger partial charge in [0, 0.05) is 17.6 Å². The molecule has 0 bridgehead atoms. The summed E-state index contributed by atoms with van der Waals surface area (Å²) in [6.45, 7) is 2.81. The molecule has 0 spiro atoms. The third kappa shape index (κ3) is 4.33. The fourth-order valence-corrected chi connectivity index (χ4v) is 6.16. The molecule has 1 amide bonds. The quantitative estimate of drug-likeness (QED) is 0.766. The summed E-state index contributed by atoms with van der Waals surface area (Å²) in [6, 6.07) is 6.70. The predicted molar refractivity (Wildman–Crippen MR) is 112 cm³/mol. The first-order valence-corrected chi connectivity index (χ1v) is 12.2. The number of hydrogen-bond acceptors (Lipinski definition) is 5. The Labute approximate surface area is 173 Å². The summed E-state index contributed by atoms with van der Waals surface area (Å²) in [5, 5.41) is 3.09. The molecule has 1 saturated heterocycles. The molecule has 1 aromatic carbocycles. The van der Waals surface area contributed by atoms with Gasteiger partial charge in [-0.15, -0.1) is 0 Å². The summed E-state index contributed by atoms with van der Waals surface area (Å²) in [4.78, 5) is 19.6. The van der Waals surface area contributed by atoms with Crippen LogP contribution in [0, 0.1) is 0 Å². The van der Waals surface area contributed by atoms with Crippen molar-refractivity contribution in [1.82, 2.24) is 14.9 Å². The highest BCUT2D eigenvalue weighted by molar-refractivity contribution is 7.90. The third-order valence-corrected chi connectivity index (χ3v) is 7.87. The summed E-state index contributed by atoms with van der Waals surface area (Å²) in [5.74, 6) is 0.0854. The van der Waals surface area contributed by atoms with Gasteiger partial charge < -0.3 is 5.32 Å². The van der Waals surface area contributed by atoms with Crippen LogP contribution in [0.4, 0.5) is 0 Å². The zero-order chi connectivity index (χ0) is 20.3. The maximum atomic E-state index is 12.5. The van der Waals surface area contributed by atoms with Gasteiger partial charge in [-0.2, -0.15) is 0 Å². The van der Waals surface area contributed by atoms with Gasteiger partial charge in [-0.1, -0.05) is 37.8 Å². The summed E-state index contributed by atoms with van der Waals surface area (Å²) in [6.07, 6.45) is 9.75. The van der Waals surface area contributed by atoms with Crippen LogP contribution < -0.4 is 10.0 Å². The summed E-state index contributed by atoms with van der Waals surface area (Å²) in [5.41, 5.74) is 0.598. The Morgan fingerprint density at radius 2 is 1.76 bits per heavy atom. The third-order valence-electron chi connectivity index (χ3n) is 6.47. The van der Waals surface area contributed by atoms with E-state index in [1.807, 2.05) is 0 Å². The highest BCUT2D eigenvalue weighted by Crippen LogP contribution is 2.35. The predicted octanol–water partition coefficient (Wildman–Crippen LogP) is 2.03. The van der Waals surface area contributed by atoms with Crippen molar-refractivity contribution in [2.45, 2.75) is 61.8 Å². The highest BCUT2D eigenvalue weighted by Gasteiger charge is 2.38. The molecular weight excluding hydrogens is 388 g/mol. The van der Waals surface area contributed by atoms with Crippen LogP contribution in [0.3, 0.4) is 0 Å². The van der Waals surface area contributed by atoms with Gasteiger partial charge in [-0.3, -0.25) is 19.4 Å². The van der Waals surface area contributed by atoms with Crippen LogP contribution in [0.5, 0.6) is 0 Å². The molecule has 1 saturated carbocycles. The zero-order valence-electron chi connectivity index (χ0n) is 16.8. The average molecular weight is 419 g/mol. The van der Waals surface area contributed by atoms with Gasteiger partial charge in [0.15, 0.2) is 0 Å². The van der Waals surface area contributed by atoms with Gasteiger partial charge >= 0.3 is 0 Å².